The molecular formula is C12H12BrNO2. The molecule has 0 unspecified atom stereocenters. The smallest absolute Gasteiger partial charge is 0.235 e. The lowest BCUT2D eigenvalue weighted by atomic mass is 9.90. The molecule has 1 aliphatic rings. The average molecular weight is 282 g/mol. The number of rotatable bonds is 2. The minimum atomic E-state index is -0.0814. The number of alkyl halides is 1. The molecule has 16 heavy (non-hydrogen) atoms. The Bertz CT molecular complexity index is 443. The van der Waals surface area contributed by atoms with Gasteiger partial charge in [-0.3, -0.25) is 9.59 Å². The van der Waals surface area contributed by atoms with Crippen LogP contribution in [0.25, 0.3) is 0 Å². The molecule has 3 nitrogen and oxygen atoms in total. The Morgan fingerprint density at radius 1 is 1.38 bits per heavy atom. The van der Waals surface area contributed by atoms with Crippen molar-refractivity contribution >= 4 is 33.3 Å². The summed E-state index contributed by atoms with van der Waals surface area (Å²) in [7, 11) is 0. The molecule has 0 radical (unpaired) electrons. The molecule has 0 aliphatic heterocycles. The van der Waals surface area contributed by atoms with Gasteiger partial charge in [-0.15, -0.1) is 0 Å². The lowest BCUT2D eigenvalue weighted by Gasteiger charge is -2.15. The van der Waals surface area contributed by atoms with E-state index in [2.05, 4.69) is 21.2 Å². The third-order valence-electron chi connectivity index (χ3n) is 2.66. The van der Waals surface area contributed by atoms with Gasteiger partial charge in [0, 0.05) is 17.7 Å². The van der Waals surface area contributed by atoms with Crippen LogP contribution in [-0.2, 0) is 11.2 Å². The zero-order valence-electron chi connectivity index (χ0n) is 8.75. The van der Waals surface area contributed by atoms with Crippen LogP contribution in [0.3, 0.4) is 0 Å². The van der Waals surface area contributed by atoms with Gasteiger partial charge >= 0.3 is 0 Å². The van der Waals surface area contributed by atoms with E-state index in [4.69, 9.17) is 0 Å². The van der Waals surface area contributed by atoms with Crippen molar-refractivity contribution in [2.24, 2.45) is 0 Å². The van der Waals surface area contributed by atoms with Gasteiger partial charge in [0.15, 0.2) is 5.78 Å². The topological polar surface area (TPSA) is 46.2 Å². The fourth-order valence-electron chi connectivity index (χ4n) is 1.92. The van der Waals surface area contributed by atoms with Gasteiger partial charge in [-0.1, -0.05) is 15.9 Å². The fourth-order valence-corrected chi connectivity index (χ4v) is 2.06. The van der Waals surface area contributed by atoms with Crippen LogP contribution >= 0.6 is 15.9 Å². The minimum absolute atomic E-state index is 0.0814. The standard InChI is InChI=1S/C12H12BrNO2/c13-7-12(16)14-9-4-5-10-8(6-9)2-1-3-11(10)15/h4-6H,1-3,7H2,(H,14,16). The molecule has 2 rings (SSSR count). The number of carbonyl (C=O) groups is 2. The van der Waals surface area contributed by atoms with Crippen molar-refractivity contribution in [3.05, 3.63) is 29.3 Å². The Hall–Kier alpha value is -1.16. The highest BCUT2D eigenvalue weighted by Crippen LogP contribution is 2.24. The summed E-state index contributed by atoms with van der Waals surface area (Å²) < 4.78 is 0. The molecule has 0 bridgehead atoms. The van der Waals surface area contributed by atoms with Crippen LogP contribution in [0, 0.1) is 0 Å². The van der Waals surface area contributed by atoms with Crippen LogP contribution in [0.4, 0.5) is 5.69 Å². The maximum Gasteiger partial charge on any atom is 0.235 e. The summed E-state index contributed by atoms with van der Waals surface area (Å²) in [6.07, 6.45) is 2.46. The predicted molar refractivity (Wildman–Crippen MR) is 66.1 cm³/mol. The second-order valence-corrected chi connectivity index (χ2v) is 4.39. The van der Waals surface area contributed by atoms with Gasteiger partial charge in [-0.2, -0.15) is 0 Å². The van der Waals surface area contributed by atoms with E-state index >= 15 is 0 Å². The Morgan fingerprint density at radius 2 is 2.19 bits per heavy atom. The van der Waals surface area contributed by atoms with E-state index in [9.17, 15) is 9.59 Å². The van der Waals surface area contributed by atoms with E-state index in [0.29, 0.717) is 6.42 Å². The van der Waals surface area contributed by atoms with Gasteiger partial charge < -0.3 is 5.32 Å². The third kappa shape index (κ3) is 2.32. The summed E-state index contributed by atoms with van der Waals surface area (Å²) >= 11 is 3.09. The highest BCUT2D eigenvalue weighted by atomic mass is 79.9. The quantitative estimate of drug-likeness (QED) is 0.847. The number of halogens is 1. The molecule has 1 amide bonds. The van der Waals surface area contributed by atoms with E-state index < -0.39 is 0 Å². The molecule has 0 fully saturated rings. The normalized spacial score (nSPS) is 14.4. The van der Waals surface area contributed by atoms with Crippen LogP contribution < -0.4 is 5.32 Å². The Balaban J connectivity index is 2.25. The summed E-state index contributed by atoms with van der Waals surface area (Å²) in [5.74, 6) is 0.127. The first-order chi connectivity index (χ1) is 7.70. The Morgan fingerprint density at radius 3 is 2.94 bits per heavy atom. The van der Waals surface area contributed by atoms with Gasteiger partial charge in [0.1, 0.15) is 0 Å². The largest absolute Gasteiger partial charge is 0.325 e. The summed E-state index contributed by atoms with van der Waals surface area (Å²) in [6, 6.07) is 5.48. The molecule has 84 valence electrons. The minimum Gasteiger partial charge on any atom is -0.325 e. The van der Waals surface area contributed by atoms with Crippen molar-refractivity contribution in [1.82, 2.24) is 0 Å². The molecule has 1 aromatic carbocycles. The van der Waals surface area contributed by atoms with Crippen molar-refractivity contribution in [2.45, 2.75) is 19.3 Å². The first-order valence-corrected chi connectivity index (χ1v) is 6.35. The molecule has 1 aromatic rings. The molecule has 0 saturated heterocycles. The van der Waals surface area contributed by atoms with Crippen LogP contribution in [0.5, 0.6) is 0 Å². The van der Waals surface area contributed by atoms with Crippen molar-refractivity contribution in [1.29, 1.82) is 0 Å². The van der Waals surface area contributed by atoms with Crippen molar-refractivity contribution in [3.63, 3.8) is 0 Å². The number of ketones is 1. The van der Waals surface area contributed by atoms with E-state index in [1.165, 1.54) is 0 Å². The number of anilines is 1. The number of benzene rings is 1. The molecule has 1 N–H and O–H groups in total. The summed E-state index contributed by atoms with van der Waals surface area (Å²) in [4.78, 5) is 22.8. The van der Waals surface area contributed by atoms with E-state index in [0.717, 1.165) is 29.7 Å². The number of amides is 1. The first-order valence-electron chi connectivity index (χ1n) is 5.22. The predicted octanol–water partition coefficient (Wildman–Crippen LogP) is 2.54. The van der Waals surface area contributed by atoms with Gasteiger partial charge in [0.2, 0.25) is 5.91 Å². The molecule has 0 aromatic heterocycles. The number of hydrogen-bond acceptors (Lipinski definition) is 2. The number of fused-ring (bicyclic) bond motifs is 1. The number of aryl methyl sites for hydroxylation is 1. The second-order valence-electron chi connectivity index (χ2n) is 3.83. The van der Waals surface area contributed by atoms with Gasteiger partial charge in [0.05, 0.1) is 5.33 Å². The number of hydrogen-bond donors (Lipinski definition) is 1. The lowest BCUT2D eigenvalue weighted by Crippen LogP contribution is -2.15. The highest BCUT2D eigenvalue weighted by Gasteiger charge is 2.17. The van der Waals surface area contributed by atoms with E-state index in [-0.39, 0.29) is 17.0 Å². The van der Waals surface area contributed by atoms with E-state index in [1.807, 2.05) is 6.07 Å². The van der Waals surface area contributed by atoms with Crippen molar-refractivity contribution in [2.75, 3.05) is 10.6 Å². The molecule has 0 saturated carbocycles. The maximum atomic E-state index is 11.6. The third-order valence-corrected chi connectivity index (χ3v) is 3.17. The van der Waals surface area contributed by atoms with Crippen molar-refractivity contribution in [3.8, 4) is 0 Å². The van der Waals surface area contributed by atoms with Crippen LogP contribution in [0.1, 0.15) is 28.8 Å². The first kappa shape index (κ1) is 11.3. The fraction of sp³-hybridized carbons (Fsp3) is 0.333. The molecule has 1 aliphatic carbocycles. The molecule has 0 atom stereocenters. The average Bonchev–Trinajstić information content (AvgIpc) is 2.29. The second kappa shape index (κ2) is 4.78. The zero-order chi connectivity index (χ0) is 11.5. The Kier molecular flexibility index (Phi) is 3.39. The highest BCUT2D eigenvalue weighted by molar-refractivity contribution is 9.09. The lowest BCUT2D eigenvalue weighted by molar-refractivity contribution is -0.113. The molecule has 4 heteroatoms. The van der Waals surface area contributed by atoms with Crippen molar-refractivity contribution < 1.29 is 9.59 Å². The molecular weight excluding hydrogens is 270 g/mol. The monoisotopic (exact) mass is 281 g/mol. The number of carbonyl (C=O) groups excluding carboxylic acids is 2. The number of Topliss-reactive ketones (excluding diaryl/α,β-unsaturated/α-hetero) is 1. The summed E-state index contributed by atoms with van der Waals surface area (Å²) in [5, 5.41) is 3.04. The van der Waals surface area contributed by atoms with Crippen LogP contribution in [-0.4, -0.2) is 17.0 Å². The van der Waals surface area contributed by atoms with Crippen LogP contribution in [0.15, 0.2) is 18.2 Å². The SMILES string of the molecule is O=C(CBr)Nc1ccc2c(c1)CCCC2=O. The molecule has 0 spiro atoms. The van der Waals surface area contributed by atoms with Gasteiger partial charge in [-0.25, -0.2) is 0 Å². The van der Waals surface area contributed by atoms with Gasteiger partial charge in [-0.05, 0) is 36.6 Å². The zero-order valence-corrected chi connectivity index (χ0v) is 10.3. The summed E-state index contributed by atoms with van der Waals surface area (Å²) in [6.45, 7) is 0. The molecule has 0 heterocycles. The maximum absolute atomic E-state index is 11.6. The van der Waals surface area contributed by atoms with Gasteiger partial charge in [0.25, 0.3) is 0 Å². The summed E-state index contributed by atoms with van der Waals surface area (Å²) in [5.41, 5.74) is 2.62. The van der Waals surface area contributed by atoms with Crippen LogP contribution in [0.2, 0.25) is 0 Å². The number of nitrogens with one attached hydrogen (secondary N) is 1. The Labute approximate surface area is 102 Å². The van der Waals surface area contributed by atoms with E-state index in [1.54, 1.807) is 12.1 Å².